The normalized spacial score (nSPS) is 19.5. The maximum Gasteiger partial charge on any atom is 0.244 e. The van der Waals surface area contributed by atoms with Crippen LogP contribution < -0.4 is 5.32 Å². The monoisotopic (exact) mass is 462 g/mol. The van der Waals surface area contributed by atoms with Gasteiger partial charge in [-0.05, 0) is 54.3 Å². The van der Waals surface area contributed by atoms with Crippen LogP contribution in [0.1, 0.15) is 48.4 Å². The maximum atomic E-state index is 14.4. The molecule has 0 spiro atoms. The number of halogens is 2. The number of carbonyl (C=O) groups excluding carboxylic acids is 2. The molecule has 0 aromatic heterocycles. The van der Waals surface area contributed by atoms with Gasteiger partial charge >= 0.3 is 0 Å². The topological polar surface area (TPSA) is 49.4 Å². The molecule has 3 aromatic carbocycles. The lowest BCUT2D eigenvalue weighted by atomic mass is 9.76. The van der Waals surface area contributed by atoms with Gasteiger partial charge in [0.25, 0.3) is 0 Å². The minimum Gasteiger partial charge on any atom is -0.324 e. The lowest BCUT2D eigenvalue weighted by Gasteiger charge is -2.38. The number of carbonyl (C=O) groups is 2. The van der Waals surface area contributed by atoms with Gasteiger partial charge in [-0.3, -0.25) is 9.59 Å². The third kappa shape index (κ3) is 3.91. The first kappa shape index (κ1) is 21.7. The van der Waals surface area contributed by atoms with Crippen molar-refractivity contribution in [1.82, 2.24) is 4.90 Å². The van der Waals surface area contributed by atoms with Gasteiger partial charge in [-0.15, -0.1) is 0 Å². The van der Waals surface area contributed by atoms with E-state index in [0.29, 0.717) is 29.1 Å². The third-order valence-corrected chi connectivity index (χ3v) is 7.10. The predicted octanol–water partition coefficient (Wildman–Crippen LogP) is 5.86. The molecule has 1 saturated carbocycles. The summed E-state index contributed by atoms with van der Waals surface area (Å²) in [6.07, 6.45) is 3.25. The summed E-state index contributed by atoms with van der Waals surface area (Å²) in [5.74, 6) is -0.811. The Hall–Kier alpha value is -3.18. The van der Waals surface area contributed by atoms with E-state index >= 15 is 0 Å². The molecule has 1 fully saturated rings. The van der Waals surface area contributed by atoms with E-state index in [9.17, 15) is 14.0 Å². The van der Waals surface area contributed by atoms with Gasteiger partial charge in [-0.25, -0.2) is 4.39 Å². The minimum absolute atomic E-state index is 0.107. The fraction of sp³-hybridized carbons (Fsp3) is 0.259. The SMILES string of the molecule is O=C1CN(C(=O)C2(c3ccc(Cl)cc3)CCCC2)C(c2ccccc2)c2cc(F)ccc2N1. The zero-order chi connectivity index (χ0) is 23.0. The molecule has 3 aromatic rings. The van der Waals surface area contributed by atoms with Crippen LogP contribution in [0.25, 0.3) is 0 Å². The number of rotatable bonds is 3. The number of nitrogens with one attached hydrogen (secondary N) is 1. The number of hydrogen-bond donors (Lipinski definition) is 1. The molecule has 0 saturated heterocycles. The van der Waals surface area contributed by atoms with Crippen LogP contribution in [0.15, 0.2) is 72.8 Å². The average molecular weight is 463 g/mol. The van der Waals surface area contributed by atoms with Gasteiger partial charge < -0.3 is 10.2 Å². The number of hydrogen-bond acceptors (Lipinski definition) is 2. The molecule has 5 rings (SSSR count). The Morgan fingerprint density at radius 3 is 2.39 bits per heavy atom. The number of amides is 2. The molecule has 1 atom stereocenters. The molecule has 33 heavy (non-hydrogen) atoms. The molecule has 168 valence electrons. The van der Waals surface area contributed by atoms with Gasteiger partial charge in [0.15, 0.2) is 0 Å². The van der Waals surface area contributed by atoms with Crippen LogP contribution in [0.4, 0.5) is 10.1 Å². The summed E-state index contributed by atoms with van der Waals surface area (Å²) in [6.45, 7) is -0.107. The molecule has 2 amide bonds. The lowest BCUT2D eigenvalue weighted by molar-refractivity contribution is -0.141. The number of anilines is 1. The third-order valence-electron chi connectivity index (χ3n) is 6.85. The van der Waals surface area contributed by atoms with Crippen LogP contribution in [0, 0.1) is 5.82 Å². The summed E-state index contributed by atoms with van der Waals surface area (Å²) in [6, 6.07) is 20.7. The summed E-state index contributed by atoms with van der Waals surface area (Å²) in [7, 11) is 0. The Morgan fingerprint density at radius 1 is 1.00 bits per heavy atom. The van der Waals surface area contributed by atoms with Crippen LogP contribution in [0.5, 0.6) is 0 Å². The van der Waals surface area contributed by atoms with Crippen molar-refractivity contribution in [2.24, 2.45) is 0 Å². The Balaban J connectivity index is 1.67. The van der Waals surface area contributed by atoms with Crippen molar-refractivity contribution in [2.45, 2.75) is 37.1 Å². The molecule has 1 aliphatic heterocycles. The Kier molecular flexibility index (Phi) is 5.67. The second kappa shape index (κ2) is 8.64. The zero-order valence-electron chi connectivity index (χ0n) is 18.1. The lowest BCUT2D eigenvalue weighted by Crippen LogP contribution is -2.49. The van der Waals surface area contributed by atoms with E-state index in [-0.39, 0.29) is 18.4 Å². The Morgan fingerprint density at radius 2 is 1.70 bits per heavy atom. The molecule has 4 nitrogen and oxygen atoms in total. The fourth-order valence-corrected chi connectivity index (χ4v) is 5.44. The van der Waals surface area contributed by atoms with E-state index in [1.165, 1.54) is 12.1 Å². The molecule has 1 unspecified atom stereocenters. The van der Waals surface area contributed by atoms with Gasteiger partial charge in [0.2, 0.25) is 11.8 Å². The zero-order valence-corrected chi connectivity index (χ0v) is 18.8. The smallest absolute Gasteiger partial charge is 0.244 e. The van der Waals surface area contributed by atoms with Crippen molar-refractivity contribution < 1.29 is 14.0 Å². The highest BCUT2D eigenvalue weighted by molar-refractivity contribution is 6.30. The highest BCUT2D eigenvalue weighted by Gasteiger charge is 2.48. The summed E-state index contributed by atoms with van der Waals surface area (Å²) >= 11 is 6.12. The van der Waals surface area contributed by atoms with E-state index in [1.807, 2.05) is 42.5 Å². The summed E-state index contributed by atoms with van der Waals surface area (Å²) in [5, 5.41) is 3.48. The van der Waals surface area contributed by atoms with Crippen LogP contribution in [-0.2, 0) is 15.0 Å². The average Bonchev–Trinajstić information content (AvgIpc) is 3.27. The van der Waals surface area contributed by atoms with Crippen LogP contribution in [0.2, 0.25) is 5.02 Å². The molecule has 2 aliphatic rings. The Labute approximate surface area is 197 Å². The molecular formula is C27H24ClFN2O2. The molecule has 1 heterocycles. The van der Waals surface area contributed by atoms with Crippen molar-refractivity contribution in [2.75, 3.05) is 11.9 Å². The predicted molar refractivity (Wildman–Crippen MR) is 127 cm³/mol. The van der Waals surface area contributed by atoms with E-state index in [0.717, 1.165) is 24.0 Å². The Bertz CT molecular complexity index is 1190. The fourth-order valence-electron chi connectivity index (χ4n) is 5.31. The molecular weight excluding hydrogens is 439 g/mol. The van der Waals surface area contributed by atoms with E-state index in [2.05, 4.69) is 5.32 Å². The van der Waals surface area contributed by atoms with Gasteiger partial charge in [-0.2, -0.15) is 0 Å². The number of nitrogens with zero attached hydrogens (tertiary/aromatic N) is 1. The van der Waals surface area contributed by atoms with E-state index < -0.39 is 17.3 Å². The molecule has 0 bridgehead atoms. The second-order valence-corrected chi connectivity index (χ2v) is 9.26. The first-order valence-corrected chi connectivity index (χ1v) is 11.6. The molecule has 1 N–H and O–H groups in total. The first-order valence-electron chi connectivity index (χ1n) is 11.2. The van der Waals surface area contributed by atoms with Crippen molar-refractivity contribution in [3.63, 3.8) is 0 Å². The quantitative estimate of drug-likeness (QED) is 0.530. The second-order valence-electron chi connectivity index (χ2n) is 8.82. The minimum atomic E-state index is -0.740. The number of benzene rings is 3. The number of fused-ring (bicyclic) bond motifs is 1. The molecule has 0 radical (unpaired) electrons. The summed E-state index contributed by atoms with van der Waals surface area (Å²) in [5.41, 5.74) is 2.10. The van der Waals surface area contributed by atoms with Crippen molar-refractivity contribution in [1.29, 1.82) is 0 Å². The highest BCUT2D eigenvalue weighted by Crippen LogP contribution is 2.46. The van der Waals surface area contributed by atoms with Gasteiger partial charge in [0.1, 0.15) is 12.4 Å². The standard InChI is InChI=1S/C27H24ClFN2O2/c28-20-10-8-19(9-11-20)27(14-4-5-15-27)26(33)31-17-24(32)30-23-13-12-21(29)16-22(23)25(31)18-6-2-1-3-7-18/h1-3,6-13,16,25H,4-5,14-15,17H2,(H,30,32). The van der Waals surface area contributed by atoms with Gasteiger partial charge in [0.05, 0.1) is 11.5 Å². The maximum absolute atomic E-state index is 14.4. The highest BCUT2D eigenvalue weighted by atomic mass is 35.5. The first-order chi connectivity index (χ1) is 16.0. The molecule has 1 aliphatic carbocycles. The van der Waals surface area contributed by atoms with Crippen molar-refractivity contribution in [3.05, 3.63) is 100 Å². The van der Waals surface area contributed by atoms with Gasteiger partial charge in [0, 0.05) is 16.3 Å². The van der Waals surface area contributed by atoms with Crippen LogP contribution >= 0.6 is 11.6 Å². The van der Waals surface area contributed by atoms with E-state index in [1.54, 1.807) is 23.1 Å². The molecule has 6 heteroatoms. The summed E-state index contributed by atoms with van der Waals surface area (Å²) < 4.78 is 14.4. The van der Waals surface area contributed by atoms with Gasteiger partial charge in [-0.1, -0.05) is 66.9 Å². The van der Waals surface area contributed by atoms with Crippen molar-refractivity contribution in [3.8, 4) is 0 Å². The largest absolute Gasteiger partial charge is 0.324 e. The summed E-state index contributed by atoms with van der Waals surface area (Å²) in [4.78, 5) is 28.9. The van der Waals surface area contributed by atoms with Crippen molar-refractivity contribution >= 4 is 29.1 Å². The van der Waals surface area contributed by atoms with Crippen LogP contribution in [-0.4, -0.2) is 23.3 Å². The van der Waals surface area contributed by atoms with E-state index in [4.69, 9.17) is 11.6 Å². The van der Waals surface area contributed by atoms with Crippen LogP contribution in [0.3, 0.4) is 0 Å².